The van der Waals surface area contributed by atoms with Gasteiger partial charge in [0.2, 0.25) is 5.91 Å². The van der Waals surface area contributed by atoms with Crippen molar-refractivity contribution < 1.29 is 9.53 Å². The summed E-state index contributed by atoms with van der Waals surface area (Å²) in [4.78, 5) is 11.6. The number of amides is 1. The monoisotopic (exact) mass is 356 g/mol. The number of carbonyl (C=O) groups is 1. The Balaban J connectivity index is 4.06. The Hall–Kier alpha value is -1.27. The molecule has 0 heterocycles. The molecule has 1 atom stereocenters. The molecular weight excluding hydrogens is 316 g/mol. The first-order chi connectivity index (χ1) is 11.5. The Morgan fingerprint density at radius 1 is 1.20 bits per heavy atom. The minimum atomic E-state index is -0.135. The fraction of sp³-hybridized carbons (Fsp3) is 0.842. The van der Waals surface area contributed by atoms with Crippen LogP contribution in [0.4, 0.5) is 0 Å². The summed E-state index contributed by atoms with van der Waals surface area (Å²) in [5, 5.41) is 4.66. The Kier molecular flexibility index (Phi) is 10.8. The molecule has 6 nitrogen and oxygen atoms in total. The molecule has 0 aromatic rings. The number of hydrogen-bond donors (Lipinski definition) is 3. The lowest BCUT2D eigenvalue weighted by Crippen LogP contribution is -2.46. The van der Waals surface area contributed by atoms with Crippen molar-refractivity contribution in [2.24, 2.45) is 23.4 Å². The van der Waals surface area contributed by atoms with Crippen LogP contribution in [0, 0.1) is 11.8 Å². The summed E-state index contributed by atoms with van der Waals surface area (Å²) in [5.41, 5.74) is 6.62. The molecule has 0 saturated carbocycles. The largest absolute Gasteiger partial charge is 0.401 e. The van der Waals surface area contributed by atoms with Crippen LogP contribution in [0.15, 0.2) is 11.9 Å². The maximum Gasteiger partial charge on any atom is 0.222 e. The molecule has 6 heteroatoms. The first-order valence-electron chi connectivity index (χ1n) is 9.34. The SMILES string of the molecule is CC(C)CC(C)(C)N(N)/C=C(\N)CCOCCC(C)NC(=O)C(C)C. The smallest absolute Gasteiger partial charge is 0.222 e. The summed E-state index contributed by atoms with van der Waals surface area (Å²) in [5.74, 6) is 6.79. The highest BCUT2D eigenvalue weighted by atomic mass is 16.5. The van der Waals surface area contributed by atoms with Crippen molar-refractivity contribution in [2.45, 2.75) is 79.3 Å². The molecule has 0 aromatic heterocycles. The van der Waals surface area contributed by atoms with Crippen LogP contribution >= 0.6 is 0 Å². The van der Waals surface area contributed by atoms with Crippen molar-refractivity contribution in [2.75, 3.05) is 13.2 Å². The van der Waals surface area contributed by atoms with E-state index in [1.54, 1.807) is 11.2 Å². The van der Waals surface area contributed by atoms with Crippen LogP contribution in [0.2, 0.25) is 0 Å². The zero-order valence-electron chi connectivity index (χ0n) is 17.3. The van der Waals surface area contributed by atoms with E-state index in [1.807, 2.05) is 20.8 Å². The molecule has 0 spiro atoms. The van der Waals surface area contributed by atoms with Crippen molar-refractivity contribution in [1.29, 1.82) is 0 Å². The second kappa shape index (κ2) is 11.4. The summed E-state index contributed by atoms with van der Waals surface area (Å²) in [6.45, 7) is 15.5. The van der Waals surface area contributed by atoms with Gasteiger partial charge in [-0.15, -0.1) is 0 Å². The highest BCUT2D eigenvalue weighted by molar-refractivity contribution is 5.78. The standard InChI is InChI=1S/C19H40N4O2/c1-14(2)12-19(6,7)23(21)13-17(20)9-11-25-10-8-16(5)22-18(24)15(3)4/h13-16H,8-12,20-21H2,1-7H3,(H,22,24)/b17-13-. The zero-order chi connectivity index (χ0) is 19.6. The van der Waals surface area contributed by atoms with E-state index in [4.69, 9.17) is 16.3 Å². The Morgan fingerprint density at radius 2 is 1.80 bits per heavy atom. The van der Waals surface area contributed by atoms with Gasteiger partial charge in [-0.1, -0.05) is 27.7 Å². The molecule has 0 aliphatic rings. The molecule has 148 valence electrons. The average Bonchev–Trinajstić information content (AvgIpc) is 2.45. The summed E-state index contributed by atoms with van der Waals surface area (Å²) in [7, 11) is 0. The van der Waals surface area contributed by atoms with E-state index in [-0.39, 0.29) is 23.4 Å². The third-order valence-electron chi connectivity index (χ3n) is 4.05. The molecule has 0 bridgehead atoms. The molecule has 0 aliphatic heterocycles. The molecule has 0 aliphatic carbocycles. The maximum absolute atomic E-state index is 11.6. The van der Waals surface area contributed by atoms with Crippen LogP contribution < -0.4 is 16.9 Å². The number of carbonyl (C=O) groups excluding carboxylic acids is 1. The highest BCUT2D eigenvalue weighted by Crippen LogP contribution is 2.21. The van der Waals surface area contributed by atoms with E-state index >= 15 is 0 Å². The van der Waals surface area contributed by atoms with Crippen molar-refractivity contribution in [3.8, 4) is 0 Å². The van der Waals surface area contributed by atoms with E-state index in [9.17, 15) is 4.79 Å². The van der Waals surface area contributed by atoms with Gasteiger partial charge in [0.25, 0.3) is 0 Å². The number of rotatable bonds is 12. The van der Waals surface area contributed by atoms with Crippen molar-refractivity contribution >= 4 is 5.91 Å². The second-order valence-corrected chi connectivity index (χ2v) is 8.24. The fourth-order valence-corrected chi connectivity index (χ4v) is 2.56. The van der Waals surface area contributed by atoms with Gasteiger partial charge < -0.3 is 20.8 Å². The summed E-state index contributed by atoms with van der Waals surface area (Å²) in [6.07, 6.45) is 4.21. The van der Waals surface area contributed by atoms with Gasteiger partial charge in [0.15, 0.2) is 0 Å². The average molecular weight is 357 g/mol. The maximum atomic E-state index is 11.6. The number of hydrogen-bond acceptors (Lipinski definition) is 5. The predicted octanol–water partition coefficient (Wildman–Crippen LogP) is 2.74. The lowest BCUT2D eigenvalue weighted by atomic mass is 9.92. The molecule has 0 rings (SSSR count). The number of nitrogens with zero attached hydrogens (tertiary/aromatic N) is 1. The minimum absolute atomic E-state index is 0.00691. The van der Waals surface area contributed by atoms with Crippen LogP contribution in [0.1, 0.15) is 67.7 Å². The normalized spacial score (nSPS) is 14.1. The predicted molar refractivity (Wildman–Crippen MR) is 104 cm³/mol. The van der Waals surface area contributed by atoms with E-state index in [2.05, 4.69) is 33.0 Å². The summed E-state index contributed by atoms with van der Waals surface area (Å²) in [6, 6.07) is 0.110. The van der Waals surface area contributed by atoms with E-state index in [0.717, 1.165) is 12.8 Å². The number of hydrazine groups is 1. The molecule has 0 radical (unpaired) electrons. The molecule has 1 unspecified atom stereocenters. The van der Waals surface area contributed by atoms with Crippen LogP contribution in [-0.2, 0) is 9.53 Å². The first kappa shape index (κ1) is 23.7. The molecule has 5 N–H and O–H groups in total. The highest BCUT2D eigenvalue weighted by Gasteiger charge is 2.23. The van der Waals surface area contributed by atoms with Gasteiger partial charge in [-0.2, -0.15) is 0 Å². The Morgan fingerprint density at radius 3 is 2.32 bits per heavy atom. The van der Waals surface area contributed by atoms with Crippen molar-refractivity contribution in [1.82, 2.24) is 10.3 Å². The van der Waals surface area contributed by atoms with Gasteiger partial charge in [-0.3, -0.25) is 4.79 Å². The van der Waals surface area contributed by atoms with Crippen LogP contribution in [0.3, 0.4) is 0 Å². The molecule has 0 fully saturated rings. The lowest BCUT2D eigenvalue weighted by molar-refractivity contribution is -0.124. The topological polar surface area (TPSA) is 93.6 Å². The van der Waals surface area contributed by atoms with Gasteiger partial charge in [0.05, 0.1) is 12.1 Å². The lowest BCUT2D eigenvalue weighted by Gasteiger charge is -2.36. The van der Waals surface area contributed by atoms with Crippen LogP contribution in [-0.4, -0.2) is 35.7 Å². The van der Waals surface area contributed by atoms with Gasteiger partial charge in [-0.05, 0) is 39.5 Å². The van der Waals surface area contributed by atoms with Gasteiger partial charge in [-0.25, -0.2) is 5.84 Å². The summed E-state index contributed by atoms with van der Waals surface area (Å²) < 4.78 is 5.62. The van der Waals surface area contributed by atoms with Crippen LogP contribution in [0.5, 0.6) is 0 Å². The molecule has 0 saturated heterocycles. The van der Waals surface area contributed by atoms with Gasteiger partial charge in [0.1, 0.15) is 0 Å². The van der Waals surface area contributed by atoms with Crippen molar-refractivity contribution in [3.05, 3.63) is 11.9 Å². The Labute approximate surface area is 154 Å². The van der Waals surface area contributed by atoms with Gasteiger partial charge in [0, 0.05) is 36.9 Å². The number of nitrogens with two attached hydrogens (primary N) is 2. The van der Waals surface area contributed by atoms with E-state index in [1.165, 1.54) is 0 Å². The molecular formula is C19H40N4O2. The minimum Gasteiger partial charge on any atom is -0.401 e. The fourth-order valence-electron chi connectivity index (χ4n) is 2.56. The Bertz CT molecular complexity index is 420. The second-order valence-electron chi connectivity index (χ2n) is 8.24. The number of ether oxygens (including phenoxy) is 1. The van der Waals surface area contributed by atoms with E-state index in [0.29, 0.717) is 31.2 Å². The third kappa shape index (κ3) is 11.1. The number of nitrogens with one attached hydrogen (secondary N) is 1. The van der Waals surface area contributed by atoms with Gasteiger partial charge >= 0.3 is 0 Å². The molecule has 1 amide bonds. The first-order valence-corrected chi connectivity index (χ1v) is 9.34. The zero-order valence-corrected chi connectivity index (χ0v) is 17.3. The van der Waals surface area contributed by atoms with Crippen LogP contribution in [0.25, 0.3) is 0 Å². The van der Waals surface area contributed by atoms with Crippen molar-refractivity contribution in [3.63, 3.8) is 0 Å². The molecule has 25 heavy (non-hydrogen) atoms. The quantitative estimate of drug-likeness (QED) is 0.284. The van der Waals surface area contributed by atoms with E-state index < -0.39 is 0 Å². The summed E-state index contributed by atoms with van der Waals surface area (Å²) >= 11 is 0. The molecule has 0 aromatic carbocycles. The third-order valence-corrected chi connectivity index (χ3v) is 4.05.